The number of ether oxygens (including phenoxy) is 1. The molecule has 8 rings (SSSR count). The maximum atomic E-state index is 12.0. The molecular weight excluding hydrogens is 550 g/mol. The van der Waals surface area contributed by atoms with Gasteiger partial charge in [-0.3, -0.25) is 4.90 Å². The zero-order chi connectivity index (χ0) is 29.8. The van der Waals surface area contributed by atoms with Gasteiger partial charge in [0.05, 0.1) is 6.20 Å². The van der Waals surface area contributed by atoms with Crippen LogP contribution in [-0.2, 0) is 0 Å². The van der Waals surface area contributed by atoms with Crippen LogP contribution >= 0.6 is 0 Å². The summed E-state index contributed by atoms with van der Waals surface area (Å²) in [6.45, 7) is 5.37. The van der Waals surface area contributed by atoms with Gasteiger partial charge < -0.3 is 24.6 Å². The van der Waals surface area contributed by atoms with Gasteiger partial charge in [0.25, 0.3) is 0 Å². The molecule has 0 radical (unpaired) electrons. The first-order valence-corrected chi connectivity index (χ1v) is 16.2. The fourth-order valence-corrected chi connectivity index (χ4v) is 8.12. The highest BCUT2D eigenvalue weighted by molar-refractivity contribution is 5.92. The summed E-state index contributed by atoms with van der Waals surface area (Å²) in [4.78, 5) is 27.3. The van der Waals surface area contributed by atoms with Crippen LogP contribution in [0.3, 0.4) is 0 Å². The van der Waals surface area contributed by atoms with Crippen molar-refractivity contribution in [2.24, 2.45) is 5.41 Å². The first-order valence-electron chi connectivity index (χ1n) is 16.2. The Hall–Kier alpha value is -3.88. The van der Waals surface area contributed by atoms with E-state index >= 15 is 0 Å². The third-order valence-corrected chi connectivity index (χ3v) is 10.8. The van der Waals surface area contributed by atoms with Crippen LogP contribution in [0, 0.1) is 5.41 Å². The van der Waals surface area contributed by atoms with Gasteiger partial charge in [-0.25, -0.2) is 9.78 Å². The fraction of sp³-hybridized carbons (Fsp3) is 0.444. The lowest BCUT2D eigenvalue weighted by Crippen LogP contribution is -2.59. The smallest absolute Gasteiger partial charge is 0.339 e. The third-order valence-electron chi connectivity index (χ3n) is 10.8. The van der Waals surface area contributed by atoms with Crippen molar-refractivity contribution in [1.82, 2.24) is 19.8 Å². The number of rotatable bonds is 7. The summed E-state index contributed by atoms with van der Waals surface area (Å²) in [7, 11) is 2.28. The molecule has 1 spiro atoms. The summed E-state index contributed by atoms with van der Waals surface area (Å²) in [6.07, 6.45) is 11.1. The number of nitrogens with zero attached hydrogens (tertiary/aromatic N) is 4. The highest BCUT2D eigenvalue weighted by atomic mass is 16.5. The molecule has 0 bridgehead atoms. The SMILES string of the molecule is CN1CCN(C2CC3(CCN(c4ccc(C(=O)O)c(Oc5cnc6[nH]ccc6c5)c4)CC3)C2)C(c2ccccc2C2CC2)C1. The van der Waals surface area contributed by atoms with Gasteiger partial charge in [0.2, 0.25) is 0 Å². The number of hydrogen-bond donors (Lipinski definition) is 2. The maximum absolute atomic E-state index is 12.0. The zero-order valence-electron chi connectivity index (χ0n) is 25.4. The van der Waals surface area contributed by atoms with Gasteiger partial charge in [0.15, 0.2) is 0 Å². The summed E-state index contributed by atoms with van der Waals surface area (Å²) < 4.78 is 6.12. The van der Waals surface area contributed by atoms with Crippen LogP contribution in [0.25, 0.3) is 11.0 Å². The van der Waals surface area contributed by atoms with Crippen LogP contribution in [0.2, 0.25) is 0 Å². The molecule has 8 nitrogen and oxygen atoms in total. The van der Waals surface area contributed by atoms with E-state index in [1.165, 1.54) is 38.5 Å². The molecule has 2 aliphatic carbocycles. The summed E-state index contributed by atoms with van der Waals surface area (Å²) in [6, 6.07) is 19.7. The van der Waals surface area contributed by atoms with Gasteiger partial charge in [0.1, 0.15) is 22.7 Å². The van der Waals surface area contributed by atoms with E-state index in [2.05, 4.69) is 56.0 Å². The standard InChI is InChI=1S/C36H41N5O3/c1-39-16-17-41(32(23-39)30-5-3-2-4-29(30)24-6-7-24)27-20-36(21-27)11-14-40(15-12-36)26-8-9-31(35(42)43)33(19-26)44-28-18-25-10-13-37-34(25)38-22-28/h2-5,8-10,13,18-19,22,24,27,32H,6-7,11-12,14-17,20-21,23H2,1H3,(H,37,38)(H,42,43). The van der Waals surface area contributed by atoms with Crippen molar-refractivity contribution < 1.29 is 14.6 Å². The van der Waals surface area contributed by atoms with E-state index in [0.717, 1.165) is 55.4 Å². The molecule has 4 heterocycles. The number of benzene rings is 2. The average Bonchev–Trinajstić information content (AvgIpc) is 3.77. The normalized spacial score (nSPS) is 22.8. The molecule has 2 saturated heterocycles. The number of carboxylic acids is 1. The molecule has 2 N–H and O–H groups in total. The lowest BCUT2D eigenvalue weighted by atomic mass is 9.59. The molecule has 2 saturated carbocycles. The van der Waals surface area contributed by atoms with Crippen molar-refractivity contribution in [3.05, 3.63) is 83.7 Å². The van der Waals surface area contributed by atoms with Gasteiger partial charge in [-0.15, -0.1) is 0 Å². The number of likely N-dealkylation sites (N-methyl/N-ethyl adjacent to an activating group) is 1. The Morgan fingerprint density at radius 1 is 1.00 bits per heavy atom. The highest BCUT2D eigenvalue weighted by Gasteiger charge is 2.50. The van der Waals surface area contributed by atoms with E-state index in [1.54, 1.807) is 23.4 Å². The van der Waals surface area contributed by atoms with Crippen LogP contribution < -0.4 is 9.64 Å². The predicted molar refractivity (Wildman–Crippen MR) is 172 cm³/mol. The van der Waals surface area contributed by atoms with E-state index in [9.17, 15) is 9.90 Å². The van der Waals surface area contributed by atoms with Crippen LogP contribution in [0.15, 0.2) is 67.0 Å². The second-order valence-corrected chi connectivity index (χ2v) is 13.6. The molecule has 1 unspecified atom stereocenters. The Labute approximate surface area is 258 Å². The number of fused-ring (bicyclic) bond motifs is 1. The second-order valence-electron chi connectivity index (χ2n) is 13.6. The van der Waals surface area contributed by atoms with Crippen molar-refractivity contribution >= 4 is 22.7 Å². The largest absolute Gasteiger partial charge is 0.478 e. The monoisotopic (exact) mass is 591 g/mol. The lowest BCUT2D eigenvalue weighted by molar-refractivity contribution is -0.0583. The zero-order valence-corrected chi connectivity index (χ0v) is 25.4. The van der Waals surface area contributed by atoms with Gasteiger partial charge in [-0.2, -0.15) is 0 Å². The van der Waals surface area contributed by atoms with Crippen molar-refractivity contribution in [3.63, 3.8) is 0 Å². The summed E-state index contributed by atoms with van der Waals surface area (Å²) in [5.74, 6) is 0.648. The summed E-state index contributed by atoms with van der Waals surface area (Å²) in [5, 5.41) is 10.8. The first kappa shape index (κ1) is 27.7. The molecule has 4 aliphatic rings. The van der Waals surface area contributed by atoms with Crippen molar-refractivity contribution in [3.8, 4) is 11.5 Å². The van der Waals surface area contributed by atoms with E-state index < -0.39 is 5.97 Å². The van der Waals surface area contributed by atoms with Gasteiger partial charge in [-0.05, 0) is 92.3 Å². The van der Waals surface area contributed by atoms with Crippen molar-refractivity contribution in [2.75, 3.05) is 44.7 Å². The number of anilines is 1. The van der Waals surface area contributed by atoms with Crippen molar-refractivity contribution in [1.29, 1.82) is 0 Å². The van der Waals surface area contributed by atoms with Gasteiger partial charge in [-0.1, -0.05) is 24.3 Å². The van der Waals surface area contributed by atoms with Gasteiger partial charge in [0, 0.05) is 68.1 Å². The third kappa shape index (κ3) is 5.14. The van der Waals surface area contributed by atoms with E-state index in [1.807, 2.05) is 30.5 Å². The number of nitrogens with one attached hydrogen (secondary N) is 1. The maximum Gasteiger partial charge on any atom is 0.339 e. The summed E-state index contributed by atoms with van der Waals surface area (Å²) >= 11 is 0. The average molecular weight is 592 g/mol. The first-order chi connectivity index (χ1) is 21.4. The fourth-order valence-electron chi connectivity index (χ4n) is 8.12. The minimum absolute atomic E-state index is 0.156. The number of aromatic carboxylic acids is 1. The molecule has 4 aromatic rings. The predicted octanol–water partition coefficient (Wildman–Crippen LogP) is 6.67. The van der Waals surface area contributed by atoms with Gasteiger partial charge >= 0.3 is 5.97 Å². The molecule has 2 aromatic heterocycles. The van der Waals surface area contributed by atoms with Crippen molar-refractivity contribution in [2.45, 2.75) is 56.5 Å². The Bertz CT molecular complexity index is 1680. The number of hydrogen-bond acceptors (Lipinski definition) is 6. The molecule has 8 heteroatoms. The molecule has 0 amide bonds. The quantitative estimate of drug-likeness (QED) is 0.248. The number of aromatic amines is 1. The number of aromatic nitrogens is 2. The highest BCUT2D eigenvalue weighted by Crippen LogP contribution is 2.54. The van der Waals surface area contributed by atoms with E-state index in [4.69, 9.17) is 4.74 Å². The number of H-pyrrole nitrogens is 1. The number of piperidine rings is 1. The number of carboxylic acid groups (broad SMARTS) is 1. The van der Waals surface area contributed by atoms with E-state index in [0.29, 0.717) is 29.0 Å². The Balaban J connectivity index is 0.946. The van der Waals surface area contributed by atoms with Crippen LogP contribution in [-0.4, -0.2) is 76.7 Å². The molecular formula is C36H41N5O3. The number of carbonyl (C=O) groups is 1. The Kier molecular flexibility index (Phi) is 6.87. The topological polar surface area (TPSA) is 84.9 Å². The molecule has 4 fully saturated rings. The summed E-state index contributed by atoms with van der Waals surface area (Å²) in [5.41, 5.74) is 5.53. The molecule has 44 heavy (non-hydrogen) atoms. The van der Waals surface area contributed by atoms with Crippen LogP contribution in [0.4, 0.5) is 5.69 Å². The second kappa shape index (κ2) is 10.9. The molecule has 1 atom stereocenters. The minimum Gasteiger partial charge on any atom is -0.478 e. The molecule has 2 aromatic carbocycles. The molecule has 2 aliphatic heterocycles. The number of piperazine rings is 1. The Morgan fingerprint density at radius 3 is 2.57 bits per heavy atom. The lowest BCUT2D eigenvalue weighted by Gasteiger charge is -2.58. The van der Waals surface area contributed by atoms with E-state index in [-0.39, 0.29) is 5.56 Å². The number of pyridine rings is 1. The molecule has 228 valence electrons. The minimum atomic E-state index is -0.998. The van der Waals surface area contributed by atoms with Crippen LogP contribution in [0.5, 0.6) is 11.5 Å². The Morgan fingerprint density at radius 2 is 1.80 bits per heavy atom. The van der Waals surface area contributed by atoms with Crippen LogP contribution in [0.1, 0.15) is 72.0 Å².